The van der Waals surface area contributed by atoms with Crippen LogP contribution >= 0.6 is 0 Å². The Morgan fingerprint density at radius 1 is 0.962 bits per heavy atom. The lowest BCUT2D eigenvalue weighted by Crippen LogP contribution is -2.40. The molecule has 2 amide bonds. The molecular formula is C20H23N3O3. The lowest BCUT2D eigenvalue weighted by molar-refractivity contribution is -0.115. The number of carbonyl (C=O) groups is 2. The van der Waals surface area contributed by atoms with E-state index >= 15 is 0 Å². The van der Waals surface area contributed by atoms with Crippen molar-refractivity contribution in [3.8, 4) is 0 Å². The number of nitrogens with zero attached hydrogens (tertiary/aromatic N) is 1. The van der Waals surface area contributed by atoms with Crippen LogP contribution in [0.2, 0.25) is 0 Å². The van der Waals surface area contributed by atoms with Crippen molar-refractivity contribution in [3.05, 3.63) is 65.7 Å². The Bertz CT molecular complexity index is 726. The maximum Gasteiger partial charge on any atom is 0.254 e. The lowest BCUT2D eigenvalue weighted by Gasteiger charge is -2.26. The number of anilines is 1. The van der Waals surface area contributed by atoms with E-state index < -0.39 is 0 Å². The van der Waals surface area contributed by atoms with Gasteiger partial charge in [-0.05, 0) is 29.8 Å². The normalized spacial score (nSPS) is 14.1. The van der Waals surface area contributed by atoms with Gasteiger partial charge in [-0.1, -0.05) is 30.3 Å². The molecule has 1 aliphatic rings. The smallest absolute Gasteiger partial charge is 0.254 e. The average molecular weight is 353 g/mol. The zero-order valence-corrected chi connectivity index (χ0v) is 14.6. The zero-order valence-electron chi connectivity index (χ0n) is 14.6. The number of rotatable bonds is 6. The maximum absolute atomic E-state index is 12.4. The van der Waals surface area contributed by atoms with Gasteiger partial charge in [0.2, 0.25) is 5.91 Å². The Labute approximate surface area is 153 Å². The monoisotopic (exact) mass is 353 g/mol. The van der Waals surface area contributed by atoms with Gasteiger partial charge < -0.3 is 20.3 Å². The number of carbonyl (C=O) groups excluding carboxylic acids is 2. The number of hydrogen-bond donors (Lipinski definition) is 2. The molecule has 3 rings (SSSR count). The van der Waals surface area contributed by atoms with E-state index in [2.05, 4.69) is 10.6 Å². The van der Waals surface area contributed by atoms with E-state index in [4.69, 9.17) is 4.74 Å². The third-order valence-electron chi connectivity index (χ3n) is 4.17. The van der Waals surface area contributed by atoms with E-state index in [1.54, 1.807) is 29.2 Å². The first-order chi connectivity index (χ1) is 12.7. The molecule has 0 radical (unpaired) electrons. The van der Waals surface area contributed by atoms with Crippen LogP contribution in [-0.2, 0) is 16.1 Å². The van der Waals surface area contributed by atoms with Gasteiger partial charge in [-0.2, -0.15) is 0 Å². The van der Waals surface area contributed by atoms with E-state index in [0.29, 0.717) is 44.1 Å². The van der Waals surface area contributed by atoms with Crippen LogP contribution in [0.1, 0.15) is 15.9 Å². The van der Waals surface area contributed by atoms with Gasteiger partial charge in [0.1, 0.15) is 0 Å². The first kappa shape index (κ1) is 18.1. The van der Waals surface area contributed by atoms with Gasteiger partial charge >= 0.3 is 0 Å². The Balaban J connectivity index is 1.46. The number of hydrogen-bond acceptors (Lipinski definition) is 4. The molecule has 0 saturated carbocycles. The number of morpholine rings is 1. The van der Waals surface area contributed by atoms with Crippen LogP contribution in [0.15, 0.2) is 54.6 Å². The molecule has 6 heteroatoms. The van der Waals surface area contributed by atoms with Crippen molar-refractivity contribution in [2.75, 3.05) is 38.2 Å². The third-order valence-corrected chi connectivity index (χ3v) is 4.17. The van der Waals surface area contributed by atoms with Crippen molar-refractivity contribution >= 4 is 17.5 Å². The topological polar surface area (TPSA) is 70.7 Å². The molecule has 26 heavy (non-hydrogen) atoms. The lowest BCUT2D eigenvalue weighted by atomic mass is 10.1. The first-order valence-corrected chi connectivity index (χ1v) is 8.74. The van der Waals surface area contributed by atoms with Gasteiger partial charge in [0.05, 0.1) is 19.8 Å². The summed E-state index contributed by atoms with van der Waals surface area (Å²) in [6.07, 6.45) is 0. The molecule has 136 valence electrons. The van der Waals surface area contributed by atoms with Crippen molar-refractivity contribution in [1.82, 2.24) is 10.2 Å². The van der Waals surface area contributed by atoms with Crippen molar-refractivity contribution in [1.29, 1.82) is 0 Å². The molecule has 2 aromatic carbocycles. The van der Waals surface area contributed by atoms with Crippen LogP contribution in [0.3, 0.4) is 0 Å². The summed E-state index contributed by atoms with van der Waals surface area (Å²) in [6.45, 7) is 3.26. The van der Waals surface area contributed by atoms with E-state index in [1.165, 1.54) is 0 Å². The molecule has 1 fully saturated rings. The van der Waals surface area contributed by atoms with Crippen LogP contribution in [0.25, 0.3) is 0 Å². The summed E-state index contributed by atoms with van der Waals surface area (Å²) in [5.41, 5.74) is 2.42. The minimum absolute atomic E-state index is 0.00398. The molecule has 0 aromatic heterocycles. The van der Waals surface area contributed by atoms with Crippen LogP contribution < -0.4 is 10.6 Å². The average Bonchev–Trinajstić information content (AvgIpc) is 2.69. The number of benzene rings is 2. The highest BCUT2D eigenvalue weighted by molar-refractivity contribution is 5.96. The number of nitrogens with one attached hydrogen (secondary N) is 2. The highest BCUT2D eigenvalue weighted by atomic mass is 16.5. The minimum atomic E-state index is -0.117. The fourth-order valence-corrected chi connectivity index (χ4v) is 2.77. The third kappa shape index (κ3) is 5.15. The Morgan fingerprint density at radius 3 is 2.35 bits per heavy atom. The largest absolute Gasteiger partial charge is 0.378 e. The van der Waals surface area contributed by atoms with Crippen LogP contribution in [0.5, 0.6) is 0 Å². The van der Waals surface area contributed by atoms with E-state index in [0.717, 1.165) is 5.56 Å². The number of amides is 2. The summed E-state index contributed by atoms with van der Waals surface area (Å²) in [5, 5.41) is 5.94. The molecule has 0 unspecified atom stereocenters. The second-order valence-corrected chi connectivity index (χ2v) is 6.12. The van der Waals surface area contributed by atoms with Gasteiger partial charge in [-0.25, -0.2) is 0 Å². The molecule has 0 aliphatic carbocycles. The van der Waals surface area contributed by atoms with Crippen molar-refractivity contribution in [2.45, 2.75) is 6.54 Å². The Morgan fingerprint density at radius 2 is 1.65 bits per heavy atom. The summed E-state index contributed by atoms with van der Waals surface area (Å²) in [7, 11) is 0. The van der Waals surface area contributed by atoms with E-state index in [-0.39, 0.29) is 18.4 Å². The molecular weight excluding hydrogens is 330 g/mol. The molecule has 0 bridgehead atoms. The molecule has 1 saturated heterocycles. The van der Waals surface area contributed by atoms with Gasteiger partial charge in [0, 0.05) is 30.9 Å². The zero-order chi connectivity index (χ0) is 18.2. The van der Waals surface area contributed by atoms with E-state index in [9.17, 15) is 9.59 Å². The second-order valence-electron chi connectivity index (χ2n) is 6.12. The van der Waals surface area contributed by atoms with Crippen molar-refractivity contribution < 1.29 is 14.3 Å². The summed E-state index contributed by atoms with van der Waals surface area (Å²) < 4.78 is 5.26. The second kappa shape index (κ2) is 9.12. The summed E-state index contributed by atoms with van der Waals surface area (Å²) >= 11 is 0. The van der Waals surface area contributed by atoms with Crippen molar-refractivity contribution in [2.24, 2.45) is 0 Å². The highest BCUT2D eigenvalue weighted by Crippen LogP contribution is 2.12. The molecule has 0 atom stereocenters. The SMILES string of the molecule is O=C(CNCc1ccccc1)Nc1ccc(C(=O)N2CCOCC2)cc1. The van der Waals surface area contributed by atoms with Crippen LogP contribution in [0.4, 0.5) is 5.69 Å². The molecule has 0 spiro atoms. The molecule has 1 heterocycles. The standard InChI is InChI=1S/C20H23N3O3/c24-19(15-21-14-16-4-2-1-3-5-16)22-18-8-6-17(7-9-18)20(25)23-10-12-26-13-11-23/h1-9,21H,10-15H2,(H,22,24). The molecule has 1 aliphatic heterocycles. The van der Waals surface area contributed by atoms with Gasteiger partial charge in [0.25, 0.3) is 5.91 Å². The van der Waals surface area contributed by atoms with Gasteiger partial charge in [0.15, 0.2) is 0 Å². The Hall–Kier alpha value is -2.70. The van der Waals surface area contributed by atoms with E-state index in [1.807, 2.05) is 30.3 Å². The fourth-order valence-electron chi connectivity index (χ4n) is 2.77. The van der Waals surface area contributed by atoms with Crippen LogP contribution in [0, 0.1) is 0 Å². The van der Waals surface area contributed by atoms with Crippen LogP contribution in [-0.4, -0.2) is 49.6 Å². The maximum atomic E-state index is 12.4. The van der Waals surface area contributed by atoms with Gasteiger partial charge in [-0.3, -0.25) is 9.59 Å². The minimum Gasteiger partial charge on any atom is -0.378 e. The molecule has 6 nitrogen and oxygen atoms in total. The number of ether oxygens (including phenoxy) is 1. The summed E-state index contributed by atoms with van der Waals surface area (Å²) in [5.74, 6) is -0.121. The highest BCUT2D eigenvalue weighted by Gasteiger charge is 2.18. The molecule has 2 aromatic rings. The quantitative estimate of drug-likeness (QED) is 0.832. The molecule has 2 N–H and O–H groups in total. The predicted molar refractivity (Wildman–Crippen MR) is 99.9 cm³/mol. The van der Waals surface area contributed by atoms with Crippen molar-refractivity contribution in [3.63, 3.8) is 0 Å². The van der Waals surface area contributed by atoms with Gasteiger partial charge in [-0.15, -0.1) is 0 Å². The predicted octanol–water partition coefficient (Wildman–Crippen LogP) is 1.89. The summed E-state index contributed by atoms with van der Waals surface area (Å²) in [4.78, 5) is 26.2. The fraction of sp³-hybridized carbons (Fsp3) is 0.300. The summed E-state index contributed by atoms with van der Waals surface area (Å²) in [6, 6.07) is 16.9. The Kier molecular flexibility index (Phi) is 6.35. The first-order valence-electron chi connectivity index (χ1n) is 8.74.